The molecular weight excluding hydrogens is 336 g/mol. The van der Waals surface area contributed by atoms with Gasteiger partial charge in [-0.3, -0.25) is 0 Å². The van der Waals surface area contributed by atoms with Gasteiger partial charge in [-0.1, -0.05) is 60.7 Å². The molecule has 0 N–H and O–H groups in total. The van der Waals surface area contributed by atoms with Crippen molar-refractivity contribution in [2.24, 2.45) is 5.10 Å². The lowest BCUT2D eigenvalue weighted by Gasteiger charge is -2.38. The number of ether oxygens (including phenoxy) is 2. The largest absolute Gasteiger partial charge is 0.496 e. The minimum Gasteiger partial charge on any atom is -0.496 e. The molecule has 134 valence electrons. The van der Waals surface area contributed by atoms with Crippen LogP contribution in [0, 0.1) is 0 Å². The summed E-state index contributed by atoms with van der Waals surface area (Å²) >= 11 is 0. The number of hydrogen-bond acceptors (Lipinski definition) is 4. The third-order valence-corrected chi connectivity index (χ3v) is 5.21. The van der Waals surface area contributed by atoms with Crippen LogP contribution in [0.1, 0.15) is 35.4 Å². The predicted octanol–water partition coefficient (Wildman–Crippen LogP) is 4.94. The van der Waals surface area contributed by atoms with Crippen LogP contribution >= 0.6 is 0 Å². The number of hydrogen-bond donors (Lipinski definition) is 0. The van der Waals surface area contributed by atoms with E-state index < -0.39 is 0 Å². The van der Waals surface area contributed by atoms with Crippen LogP contribution in [0.3, 0.4) is 0 Å². The number of nitrogens with zero attached hydrogens (tertiary/aromatic N) is 2. The Morgan fingerprint density at radius 3 is 2.41 bits per heavy atom. The highest BCUT2D eigenvalue weighted by atomic mass is 16.5. The number of methoxy groups -OCH3 is 1. The van der Waals surface area contributed by atoms with Gasteiger partial charge in [0.15, 0.2) is 0 Å². The molecule has 0 saturated carbocycles. The van der Waals surface area contributed by atoms with Gasteiger partial charge in [0.05, 0.1) is 24.4 Å². The Hall–Kier alpha value is -3.27. The summed E-state index contributed by atoms with van der Waals surface area (Å²) in [7, 11) is 1.69. The summed E-state index contributed by atoms with van der Waals surface area (Å²) in [5.41, 5.74) is 4.40. The van der Waals surface area contributed by atoms with E-state index in [9.17, 15) is 0 Å². The van der Waals surface area contributed by atoms with Crippen LogP contribution in [0.25, 0.3) is 0 Å². The van der Waals surface area contributed by atoms with E-state index in [0.29, 0.717) is 0 Å². The lowest BCUT2D eigenvalue weighted by atomic mass is 9.96. The minimum atomic E-state index is -0.317. The van der Waals surface area contributed by atoms with Gasteiger partial charge in [0.2, 0.25) is 6.23 Å². The summed E-state index contributed by atoms with van der Waals surface area (Å²) in [6, 6.07) is 26.8. The summed E-state index contributed by atoms with van der Waals surface area (Å²) in [6.45, 7) is 0. The van der Waals surface area contributed by atoms with Gasteiger partial charge in [-0.2, -0.15) is 5.10 Å². The number of benzene rings is 3. The first-order valence-electron chi connectivity index (χ1n) is 9.15. The standard InChI is InChI=1S/C23H20N2O2/c1-26-21-13-7-6-12-18(21)23-25-20(17-11-5-8-14-22(17)27-23)15-19(24-25)16-9-3-2-4-10-16/h2-14,20,23H,15H2,1H3. The van der Waals surface area contributed by atoms with Crippen molar-refractivity contribution < 1.29 is 9.47 Å². The molecule has 0 fully saturated rings. The molecule has 5 rings (SSSR count). The molecule has 0 aliphatic carbocycles. The summed E-state index contributed by atoms with van der Waals surface area (Å²) in [6.07, 6.45) is 0.540. The molecular formula is C23H20N2O2. The van der Waals surface area contributed by atoms with E-state index in [0.717, 1.165) is 34.8 Å². The average molecular weight is 356 g/mol. The number of hydrazone groups is 1. The van der Waals surface area contributed by atoms with Crippen LogP contribution in [-0.4, -0.2) is 17.8 Å². The highest BCUT2D eigenvalue weighted by Crippen LogP contribution is 2.48. The SMILES string of the molecule is COc1ccccc1C1Oc2ccccc2C2CC(c3ccccc3)=NN21. The van der Waals surface area contributed by atoms with Gasteiger partial charge in [-0.05, 0) is 23.8 Å². The summed E-state index contributed by atoms with van der Waals surface area (Å²) in [4.78, 5) is 0. The zero-order valence-corrected chi connectivity index (χ0v) is 15.1. The molecule has 2 atom stereocenters. The molecule has 0 aromatic heterocycles. The molecule has 0 amide bonds. The molecule has 0 spiro atoms. The molecule has 2 unspecified atom stereocenters. The second-order valence-electron chi connectivity index (χ2n) is 6.76. The van der Waals surface area contributed by atoms with Crippen LogP contribution in [0.4, 0.5) is 0 Å². The smallest absolute Gasteiger partial charge is 0.217 e. The third kappa shape index (κ3) is 2.65. The molecule has 2 aliphatic heterocycles. The van der Waals surface area contributed by atoms with Crippen molar-refractivity contribution in [2.45, 2.75) is 18.7 Å². The highest BCUT2D eigenvalue weighted by molar-refractivity contribution is 6.01. The Morgan fingerprint density at radius 2 is 1.59 bits per heavy atom. The molecule has 3 aromatic rings. The number of rotatable bonds is 3. The van der Waals surface area contributed by atoms with Crippen LogP contribution in [0.2, 0.25) is 0 Å². The van der Waals surface area contributed by atoms with Crippen molar-refractivity contribution in [2.75, 3.05) is 7.11 Å². The maximum Gasteiger partial charge on any atom is 0.217 e. The lowest BCUT2D eigenvalue weighted by Crippen LogP contribution is -2.33. The summed E-state index contributed by atoms with van der Waals surface area (Å²) < 4.78 is 12.0. The van der Waals surface area contributed by atoms with Gasteiger partial charge in [0.25, 0.3) is 0 Å². The summed E-state index contributed by atoms with van der Waals surface area (Å²) in [5, 5.41) is 7.07. The van der Waals surface area contributed by atoms with Crippen molar-refractivity contribution >= 4 is 5.71 Å². The predicted molar refractivity (Wildman–Crippen MR) is 105 cm³/mol. The molecule has 2 aliphatic rings. The lowest BCUT2D eigenvalue weighted by molar-refractivity contribution is -0.0203. The van der Waals surface area contributed by atoms with Crippen LogP contribution in [0.5, 0.6) is 11.5 Å². The first-order chi connectivity index (χ1) is 13.3. The van der Waals surface area contributed by atoms with Gasteiger partial charge in [-0.15, -0.1) is 0 Å². The van der Waals surface area contributed by atoms with Crippen LogP contribution < -0.4 is 9.47 Å². The molecule has 27 heavy (non-hydrogen) atoms. The van der Waals surface area contributed by atoms with E-state index in [2.05, 4.69) is 41.4 Å². The van der Waals surface area contributed by atoms with E-state index in [1.165, 1.54) is 5.56 Å². The molecule has 0 bridgehead atoms. The average Bonchev–Trinajstić information content (AvgIpc) is 3.19. The van der Waals surface area contributed by atoms with Crippen LogP contribution in [0.15, 0.2) is 84.0 Å². The second-order valence-corrected chi connectivity index (χ2v) is 6.76. The number of fused-ring (bicyclic) bond motifs is 3. The first kappa shape index (κ1) is 15.9. The van der Waals surface area contributed by atoms with E-state index >= 15 is 0 Å². The van der Waals surface area contributed by atoms with Gasteiger partial charge in [0, 0.05) is 12.0 Å². The Balaban J connectivity index is 1.63. The van der Waals surface area contributed by atoms with Gasteiger partial charge >= 0.3 is 0 Å². The molecule has 4 nitrogen and oxygen atoms in total. The van der Waals surface area contributed by atoms with Crippen molar-refractivity contribution in [1.82, 2.24) is 5.01 Å². The van der Waals surface area contributed by atoms with Crippen molar-refractivity contribution in [3.05, 3.63) is 95.6 Å². The fourth-order valence-corrected chi connectivity index (χ4v) is 3.91. The summed E-state index contributed by atoms with van der Waals surface area (Å²) in [5.74, 6) is 1.73. The van der Waals surface area contributed by atoms with E-state index in [-0.39, 0.29) is 12.3 Å². The quantitative estimate of drug-likeness (QED) is 0.667. The maximum absolute atomic E-state index is 6.40. The van der Waals surface area contributed by atoms with E-state index in [1.807, 2.05) is 42.5 Å². The monoisotopic (exact) mass is 356 g/mol. The third-order valence-electron chi connectivity index (χ3n) is 5.21. The zero-order valence-electron chi connectivity index (χ0n) is 15.1. The number of para-hydroxylation sites is 2. The Bertz CT molecular complexity index is 1000. The fraction of sp³-hybridized carbons (Fsp3) is 0.174. The van der Waals surface area contributed by atoms with Gasteiger partial charge in [-0.25, -0.2) is 5.01 Å². The minimum absolute atomic E-state index is 0.153. The zero-order chi connectivity index (χ0) is 18.2. The Labute approximate surface area is 158 Å². The van der Waals surface area contributed by atoms with Crippen molar-refractivity contribution in [3.63, 3.8) is 0 Å². The maximum atomic E-state index is 6.40. The van der Waals surface area contributed by atoms with Crippen LogP contribution in [-0.2, 0) is 0 Å². The highest BCUT2D eigenvalue weighted by Gasteiger charge is 2.41. The molecule has 2 heterocycles. The van der Waals surface area contributed by atoms with Crippen molar-refractivity contribution in [3.8, 4) is 11.5 Å². The Kier molecular flexibility index (Phi) is 3.82. The van der Waals surface area contributed by atoms with E-state index in [4.69, 9.17) is 14.6 Å². The van der Waals surface area contributed by atoms with Gasteiger partial charge < -0.3 is 9.47 Å². The molecule has 4 heteroatoms. The normalized spacial score (nSPS) is 20.3. The molecule has 3 aromatic carbocycles. The topological polar surface area (TPSA) is 34.1 Å². The van der Waals surface area contributed by atoms with Crippen molar-refractivity contribution in [1.29, 1.82) is 0 Å². The Morgan fingerprint density at radius 1 is 0.889 bits per heavy atom. The van der Waals surface area contributed by atoms with E-state index in [1.54, 1.807) is 7.11 Å². The second kappa shape index (κ2) is 6.47. The molecule has 0 saturated heterocycles. The fourth-order valence-electron chi connectivity index (χ4n) is 3.91. The van der Waals surface area contributed by atoms with Gasteiger partial charge in [0.1, 0.15) is 11.5 Å². The first-order valence-corrected chi connectivity index (χ1v) is 9.15. The molecule has 0 radical (unpaired) electrons.